The van der Waals surface area contributed by atoms with Crippen molar-refractivity contribution >= 4 is 23.0 Å². The van der Waals surface area contributed by atoms with Crippen LogP contribution in [0.1, 0.15) is 29.2 Å². The smallest absolute Gasteiger partial charge is 0.270 e. The van der Waals surface area contributed by atoms with E-state index in [-0.39, 0.29) is 23.6 Å². The number of nitriles is 1. The fourth-order valence-corrected chi connectivity index (χ4v) is 3.50. The minimum atomic E-state index is -0.509. The molecule has 0 aromatic heterocycles. The maximum atomic E-state index is 11.1. The Morgan fingerprint density at radius 2 is 1.75 bits per heavy atom. The number of nitrogens with zero attached hydrogens (tertiary/aromatic N) is 3. The molecule has 0 aliphatic heterocycles. The van der Waals surface area contributed by atoms with Crippen molar-refractivity contribution in [2.24, 2.45) is 0 Å². The van der Waals surface area contributed by atoms with Gasteiger partial charge in [0, 0.05) is 29.8 Å². The summed E-state index contributed by atoms with van der Waals surface area (Å²) >= 11 is 0. The van der Waals surface area contributed by atoms with Crippen LogP contribution in [0.25, 0.3) is 11.6 Å². The average Bonchev–Trinajstić information content (AvgIpc) is 2.87. The standard InChI is InChI=1S/C27H23N3O6/c1-3-6-22-13-20(14-23(17-28)21-7-5-8-25(16-21)30(33)34)15-26(35-4-2)27(22)36-18-19-9-11-24(12-10-19)29(31)32/h3,5,7-16H,1,4,6,18H2,2H3. The van der Waals surface area contributed by atoms with E-state index in [0.29, 0.717) is 35.7 Å². The highest BCUT2D eigenvalue weighted by atomic mass is 16.6. The number of ether oxygens (including phenoxy) is 2. The summed E-state index contributed by atoms with van der Waals surface area (Å²) in [5.74, 6) is 0.961. The molecule has 0 heterocycles. The van der Waals surface area contributed by atoms with Crippen LogP contribution in [-0.2, 0) is 13.0 Å². The van der Waals surface area contributed by atoms with Crippen LogP contribution in [0.2, 0.25) is 0 Å². The molecule has 0 aliphatic carbocycles. The van der Waals surface area contributed by atoms with E-state index < -0.39 is 9.85 Å². The highest BCUT2D eigenvalue weighted by Crippen LogP contribution is 2.36. The number of allylic oxidation sites excluding steroid dienone is 2. The summed E-state index contributed by atoms with van der Waals surface area (Å²) in [5, 5.41) is 31.8. The van der Waals surface area contributed by atoms with Crippen molar-refractivity contribution in [1.82, 2.24) is 0 Å². The van der Waals surface area contributed by atoms with Gasteiger partial charge in [0.05, 0.1) is 28.1 Å². The quantitative estimate of drug-likeness (QED) is 0.103. The lowest BCUT2D eigenvalue weighted by Crippen LogP contribution is -2.03. The molecule has 0 bridgehead atoms. The summed E-state index contributed by atoms with van der Waals surface area (Å²) < 4.78 is 11.9. The number of hydrogen-bond donors (Lipinski definition) is 0. The zero-order valence-corrected chi connectivity index (χ0v) is 19.5. The maximum absolute atomic E-state index is 11.1. The Kier molecular flexibility index (Phi) is 8.51. The van der Waals surface area contributed by atoms with Gasteiger partial charge in [0.15, 0.2) is 11.5 Å². The lowest BCUT2D eigenvalue weighted by Gasteiger charge is -2.17. The second-order valence-electron chi connectivity index (χ2n) is 7.62. The van der Waals surface area contributed by atoms with Crippen LogP contribution in [0.4, 0.5) is 11.4 Å². The number of hydrogen-bond acceptors (Lipinski definition) is 7. The normalized spacial score (nSPS) is 10.8. The SMILES string of the molecule is C=CCc1cc(C=C(C#N)c2cccc([N+](=O)[O-])c2)cc(OCC)c1OCc1ccc([N+](=O)[O-])cc1. The van der Waals surface area contributed by atoms with Gasteiger partial charge in [-0.15, -0.1) is 6.58 Å². The highest BCUT2D eigenvalue weighted by molar-refractivity contribution is 5.90. The number of benzene rings is 3. The Morgan fingerprint density at radius 3 is 2.36 bits per heavy atom. The number of nitro benzene ring substituents is 2. The van der Waals surface area contributed by atoms with Gasteiger partial charge in [-0.3, -0.25) is 20.2 Å². The predicted octanol–water partition coefficient (Wildman–Crippen LogP) is 6.27. The van der Waals surface area contributed by atoms with Gasteiger partial charge in [0.2, 0.25) is 0 Å². The number of rotatable bonds is 11. The van der Waals surface area contributed by atoms with Gasteiger partial charge < -0.3 is 9.47 Å². The lowest BCUT2D eigenvalue weighted by molar-refractivity contribution is -0.385. The van der Waals surface area contributed by atoms with Crippen molar-refractivity contribution in [3.63, 3.8) is 0 Å². The second-order valence-corrected chi connectivity index (χ2v) is 7.62. The molecule has 3 aromatic rings. The molecule has 0 saturated carbocycles. The number of non-ortho nitro benzene ring substituents is 2. The molecule has 0 atom stereocenters. The average molecular weight is 485 g/mol. The first-order valence-corrected chi connectivity index (χ1v) is 11.0. The second kappa shape index (κ2) is 11.9. The van der Waals surface area contributed by atoms with Gasteiger partial charge in [0.25, 0.3) is 11.4 Å². The van der Waals surface area contributed by atoms with E-state index >= 15 is 0 Å². The van der Waals surface area contributed by atoms with Gasteiger partial charge in [-0.2, -0.15) is 5.26 Å². The minimum absolute atomic E-state index is 0.00529. The van der Waals surface area contributed by atoms with Crippen molar-refractivity contribution in [1.29, 1.82) is 5.26 Å². The van der Waals surface area contributed by atoms with Crippen LogP contribution in [0, 0.1) is 31.6 Å². The summed E-state index contributed by atoms with van der Waals surface area (Å²) in [6.07, 6.45) is 3.80. The first-order valence-electron chi connectivity index (χ1n) is 11.0. The Labute approximate surface area is 207 Å². The third kappa shape index (κ3) is 6.33. The van der Waals surface area contributed by atoms with Gasteiger partial charge in [-0.05, 0) is 60.4 Å². The van der Waals surface area contributed by atoms with Gasteiger partial charge in [-0.1, -0.05) is 18.2 Å². The molecule has 9 nitrogen and oxygen atoms in total. The monoisotopic (exact) mass is 485 g/mol. The Morgan fingerprint density at radius 1 is 1.03 bits per heavy atom. The van der Waals surface area contributed by atoms with Gasteiger partial charge in [-0.25, -0.2) is 0 Å². The molecule has 36 heavy (non-hydrogen) atoms. The summed E-state index contributed by atoms with van der Waals surface area (Å²) in [4.78, 5) is 21.1. The summed E-state index contributed by atoms with van der Waals surface area (Å²) in [5.41, 5.74) is 2.73. The van der Waals surface area contributed by atoms with E-state index in [4.69, 9.17) is 9.47 Å². The predicted molar refractivity (Wildman–Crippen MR) is 136 cm³/mol. The molecule has 0 spiro atoms. The molecule has 9 heteroatoms. The molecule has 0 N–H and O–H groups in total. The number of nitro groups is 2. The van der Waals surface area contributed by atoms with Crippen molar-refractivity contribution in [2.45, 2.75) is 20.0 Å². The molecule has 0 fully saturated rings. The Hall–Kier alpha value is -4.97. The third-order valence-corrected chi connectivity index (χ3v) is 5.15. The largest absolute Gasteiger partial charge is 0.490 e. The van der Waals surface area contributed by atoms with E-state index in [0.717, 1.165) is 11.1 Å². The molecule has 182 valence electrons. The van der Waals surface area contributed by atoms with Crippen molar-refractivity contribution in [3.8, 4) is 17.6 Å². The molecule has 0 saturated heterocycles. The summed E-state index contributed by atoms with van der Waals surface area (Å²) in [7, 11) is 0. The fraction of sp³-hybridized carbons (Fsp3) is 0.148. The minimum Gasteiger partial charge on any atom is -0.490 e. The van der Waals surface area contributed by atoms with E-state index in [2.05, 4.69) is 12.6 Å². The first kappa shape index (κ1) is 25.6. The van der Waals surface area contributed by atoms with Crippen molar-refractivity contribution < 1.29 is 19.3 Å². The van der Waals surface area contributed by atoms with Crippen molar-refractivity contribution in [2.75, 3.05) is 6.61 Å². The van der Waals surface area contributed by atoms with E-state index in [9.17, 15) is 25.5 Å². The van der Waals surface area contributed by atoms with Crippen LogP contribution in [0.15, 0.2) is 73.3 Å². The van der Waals surface area contributed by atoms with Gasteiger partial charge in [0.1, 0.15) is 6.61 Å². The highest BCUT2D eigenvalue weighted by Gasteiger charge is 2.15. The molecular weight excluding hydrogens is 462 g/mol. The fourth-order valence-electron chi connectivity index (χ4n) is 3.50. The van der Waals surface area contributed by atoms with E-state index in [1.807, 2.05) is 13.0 Å². The maximum Gasteiger partial charge on any atom is 0.270 e. The molecule has 3 rings (SSSR count). The molecule has 0 radical (unpaired) electrons. The molecular formula is C27H23N3O6. The van der Waals surface area contributed by atoms with Crippen LogP contribution in [0.5, 0.6) is 11.5 Å². The zero-order chi connectivity index (χ0) is 26.1. The third-order valence-electron chi connectivity index (χ3n) is 5.15. The van der Waals surface area contributed by atoms with Crippen LogP contribution in [-0.4, -0.2) is 16.5 Å². The zero-order valence-electron chi connectivity index (χ0n) is 19.5. The Bertz CT molecular complexity index is 1360. The Balaban J connectivity index is 1.99. The van der Waals surface area contributed by atoms with E-state index in [1.54, 1.807) is 36.4 Å². The van der Waals surface area contributed by atoms with Crippen LogP contribution < -0.4 is 9.47 Å². The molecule has 3 aromatic carbocycles. The topological polar surface area (TPSA) is 129 Å². The lowest BCUT2D eigenvalue weighted by atomic mass is 10.0. The molecule has 0 amide bonds. The van der Waals surface area contributed by atoms with Crippen LogP contribution >= 0.6 is 0 Å². The van der Waals surface area contributed by atoms with Gasteiger partial charge >= 0.3 is 0 Å². The first-order chi connectivity index (χ1) is 17.4. The molecule has 0 aliphatic rings. The summed E-state index contributed by atoms with van der Waals surface area (Å²) in [6, 6.07) is 17.6. The van der Waals surface area contributed by atoms with Crippen molar-refractivity contribution in [3.05, 3.63) is 116 Å². The summed E-state index contributed by atoms with van der Waals surface area (Å²) in [6.45, 7) is 6.17. The van der Waals surface area contributed by atoms with Crippen LogP contribution in [0.3, 0.4) is 0 Å². The molecule has 0 unspecified atom stereocenters. The van der Waals surface area contributed by atoms with E-state index in [1.165, 1.54) is 30.3 Å².